The summed E-state index contributed by atoms with van der Waals surface area (Å²) >= 11 is 0. The van der Waals surface area contributed by atoms with Gasteiger partial charge in [-0.2, -0.15) is 0 Å². The second-order valence-corrected chi connectivity index (χ2v) is 8.87. The second kappa shape index (κ2) is 15.4. The Hall–Kier alpha value is -3.60. The number of methoxy groups -OCH3 is 1. The van der Waals surface area contributed by atoms with Crippen molar-refractivity contribution in [1.29, 1.82) is 0 Å². The van der Waals surface area contributed by atoms with Crippen molar-refractivity contribution in [3.63, 3.8) is 0 Å². The van der Waals surface area contributed by atoms with E-state index >= 15 is 0 Å². The van der Waals surface area contributed by atoms with Crippen molar-refractivity contribution in [3.8, 4) is 5.75 Å². The number of esters is 1. The average molecular weight is 506 g/mol. The van der Waals surface area contributed by atoms with Gasteiger partial charge in [-0.1, -0.05) is 40.3 Å². The largest absolute Gasteiger partial charge is 0.495 e. The number of ether oxygens (including phenoxy) is 2. The van der Waals surface area contributed by atoms with E-state index in [0.29, 0.717) is 23.4 Å². The van der Waals surface area contributed by atoms with Crippen LogP contribution in [-0.2, 0) is 25.7 Å². The van der Waals surface area contributed by atoms with Gasteiger partial charge in [-0.25, -0.2) is 9.59 Å². The van der Waals surface area contributed by atoms with E-state index in [1.54, 1.807) is 18.2 Å². The molecule has 0 bridgehead atoms. The molecule has 0 saturated carbocycles. The summed E-state index contributed by atoms with van der Waals surface area (Å²) in [5.41, 5.74) is 6.15. The van der Waals surface area contributed by atoms with Crippen LogP contribution in [0, 0.1) is 5.92 Å². The van der Waals surface area contributed by atoms with Gasteiger partial charge >= 0.3 is 12.0 Å². The maximum atomic E-state index is 13.2. The van der Waals surface area contributed by atoms with Crippen molar-refractivity contribution in [2.24, 2.45) is 11.7 Å². The highest BCUT2D eigenvalue weighted by atomic mass is 16.5. The lowest BCUT2D eigenvalue weighted by Gasteiger charge is -2.27. The third kappa shape index (κ3) is 10.8. The van der Waals surface area contributed by atoms with Crippen LogP contribution >= 0.6 is 0 Å². The van der Waals surface area contributed by atoms with Gasteiger partial charge in [-0.15, -0.1) is 0 Å². The summed E-state index contributed by atoms with van der Waals surface area (Å²) in [6.45, 7) is 11.3. The molecule has 11 nitrogen and oxygen atoms in total. The van der Waals surface area contributed by atoms with E-state index < -0.39 is 30.0 Å². The van der Waals surface area contributed by atoms with Gasteiger partial charge in [0.15, 0.2) is 0 Å². The first-order valence-electron chi connectivity index (χ1n) is 11.8. The molecule has 6 N–H and O–H groups in total. The number of anilines is 1. The maximum absolute atomic E-state index is 13.2. The van der Waals surface area contributed by atoms with Crippen molar-refractivity contribution in [3.05, 3.63) is 36.4 Å². The molecule has 200 valence electrons. The van der Waals surface area contributed by atoms with Crippen molar-refractivity contribution in [2.75, 3.05) is 19.0 Å². The first-order chi connectivity index (χ1) is 17.0. The number of primary amides is 1. The van der Waals surface area contributed by atoms with Gasteiger partial charge in [0.05, 0.1) is 18.8 Å². The number of carbonyl (C=O) groups excluding carboxylic acids is 4. The van der Waals surface area contributed by atoms with Gasteiger partial charge in [-0.05, 0) is 36.5 Å². The predicted molar refractivity (Wildman–Crippen MR) is 137 cm³/mol. The topological polar surface area (TPSA) is 161 Å². The van der Waals surface area contributed by atoms with Crippen LogP contribution in [0.15, 0.2) is 30.9 Å². The summed E-state index contributed by atoms with van der Waals surface area (Å²) in [6.07, 6.45) is 1.75. The summed E-state index contributed by atoms with van der Waals surface area (Å²) in [5, 5.41) is 11.3. The average Bonchev–Trinajstić information content (AvgIpc) is 2.82. The van der Waals surface area contributed by atoms with Crippen LogP contribution in [0.2, 0.25) is 0 Å². The highest BCUT2D eigenvalue weighted by Crippen LogP contribution is 2.26. The second-order valence-electron chi connectivity index (χ2n) is 8.87. The lowest BCUT2D eigenvalue weighted by atomic mass is 10.0. The zero-order valence-electron chi connectivity index (χ0n) is 21.7. The zero-order chi connectivity index (χ0) is 27.3. The van der Waals surface area contributed by atoms with Gasteiger partial charge in [0.1, 0.15) is 18.4 Å². The number of hydrogen-bond donors (Lipinski definition) is 5. The standard InChI is InChI=1S/C25H39N5O6/c1-7-21(31)36-14-17-10-11-18(20(13-17)35-6)29-23(32)19(9-8-12-27-25(26)34)30-24(33)22(15(2)3)28-16(4)5/h7,10-11,13,15-16,19,22,28H,1,8-9,12,14H2,2-6H3,(H,29,32)(H,30,33)(H3,26,27,34)/t19-,22-/m0/s1. The fourth-order valence-corrected chi connectivity index (χ4v) is 3.34. The molecule has 0 aliphatic rings. The van der Waals surface area contributed by atoms with Crippen molar-refractivity contribution >= 4 is 29.5 Å². The van der Waals surface area contributed by atoms with Gasteiger partial charge in [0, 0.05) is 18.7 Å². The molecule has 0 spiro atoms. The SMILES string of the molecule is C=CC(=O)OCc1ccc(NC(=O)[C@H](CCCNC(N)=O)NC(=O)[C@@H](NC(C)C)C(C)C)c(OC)c1. The Bertz CT molecular complexity index is 918. The molecule has 0 radical (unpaired) electrons. The third-order valence-electron chi connectivity index (χ3n) is 5.14. The normalized spacial score (nSPS) is 12.4. The Morgan fingerprint density at radius 3 is 2.36 bits per heavy atom. The zero-order valence-corrected chi connectivity index (χ0v) is 21.7. The molecule has 0 aliphatic carbocycles. The van der Waals surface area contributed by atoms with Crippen LogP contribution < -0.4 is 31.7 Å². The van der Waals surface area contributed by atoms with E-state index in [2.05, 4.69) is 27.8 Å². The minimum absolute atomic E-state index is 0.00420. The Morgan fingerprint density at radius 1 is 1.11 bits per heavy atom. The highest BCUT2D eigenvalue weighted by molar-refractivity contribution is 5.98. The lowest BCUT2D eigenvalue weighted by molar-refractivity contribution is -0.139. The van der Waals surface area contributed by atoms with Crippen LogP contribution in [0.4, 0.5) is 10.5 Å². The fourth-order valence-electron chi connectivity index (χ4n) is 3.34. The molecular weight excluding hydrogens is 466 g/mol. The number of urea groups is 1. The number of carbonyl (C=O) groups is 4. The van der Waals surface area contributed by atoms with E-state index in [4.69, 9.17) is 15.2 Å². The number of nitrogens with one attached hydrogen (secondary N) is 4. The van der Waals surface area contributed by atoms with E-state index in [9.17, 15) is 19.2 Å². The molecule has 0 fully saturated rings. The molecule has 1 rings (SSSR count). The van der Waals surface area contributed by atoms with Gasteiger partial charge in [0.25, 0.3) is 0 Å². The molecule has 4 amide bonds. The Kier molecular flexibility index (Phi) is 13.0. The number of amides is 4. The Morgan fingerprint density at radius 2 is 1.81 bits per heavy atom. The van der Waals surface area contributed by atoms with Crippen LogP contribution in [0.3, 0.4) is 0 Å². The van der Waals surface area contributed by atoms with Crippen LogP contribution in [-0.4, -0.2) is 55.6 Å². The summed E-state index contributed by atoms with van der Waals surface area (Å²) in [7, 11) is 1.45. The predicted octanol–water partition coefficient (Wildman–Crippen LogP) is 1.82. The lowest BCUT2D eigenvalue weighted by Crippen LogP contribution is -2.54. The first-order valence-corrected chi connectivity index (χ1v) is 11.8. The number of nitrogens with two attached hydrogens (primary N) is 1. The maximum Gasteiger partial charge on any atom is 0.330 e. The van der Waals surface area contributed by atoms with E-state index in [-0.39, 0.29) is 37.4 Å². The van der Waals surface area contributed by atoms with E-state index in [0.717, 1.165) is 6.08 Å². The quantitative estimate of drug-likeness (QED) is 0.138. The van der Waals surface area contributed by atoms with Crippen molar-refractivity contribution in [1.82, 2.24) is 16.0 Å². The Balaban J connectivity index is 3.03. The third-order valence-corrected chi connectivity index (χ3v) is 5.14. The number of benzene rings is 1. The molecule has 36 heavy (non-hydrogen) atoms. The minimum Gasteiger partial charge on any atom is -0.495 e. The smallest absolute Gasteiger partial charge is 0.330 e. The van der Waals surface area contributed by atoms with Crippen LogP contribution in [0.1, 0.15) is 46.1 Å². The van der Waals surface area contributed by atoms with Crippen molar-refractivity contribution < 1.29 is 28.7 Å². The molecule has 0 aromatic heterocycles. The highest BCUT2D eigenvalue weighted by Gasteiger charge is 2.28. The van der Waals surface area contributed by atoms with Gasteiger partial charge in [0.2, 0.25) is 11.8 Å². The van der Waals surface area contributed by atoms with Gasteiger partial charge in [-0.3, -0.25) is 9.59 Å². The summed E-state index contributed by atoms with van der Waals surface area (Å²) in [5.74, 6) is -0.943. The van der Waals surface area contributed by atoms with E-state index in [1.807, 2.05) is 27.7 Å². The molecular formula is C25H39N5O6. The number of rotatable bonds is 15. The summed E-state index contributed by atoms with van der Waals surface area (Å²) in [6, 6.07) is 2.99. The molecule has 11 heteroatoms. The molecule has 0 saturated heterocycles. The van der Waals surface area contributed by atoms with Crippen molar-refractivity contribution in [2.45, 2.75) is 65.3 Å². The molecule has 1 aromatic carbocycles. The van der Waals surface area contributed by atoms with Crippen LogP contribution in [0.25, 0.3) is 0 Å². The van der Waals surface area contributed by atoms with Gasteiger partial charge < -0.3 is 36.5 Å². The molecule has 0 aliphatic heterocycles. The molecule has 0 unspecified atom stereocenters. The monoisotopic (exact) mass is 505 g/mol. The van der Waals surface area contributed by atoms with E-state index in [1.165, 1.54) is 7.11 Å². The first kappa shape index (κ1) is 30.4. The molecule has 2 atom stereocenters. The molecule has 1 aromatic rings. The molecule has 0 heterocycles. The summed E-state index contributed by atoms with van der Waals surface area (Å²) < 4.78 is 10.4. The summed E-state index contributed by atoms with van der Waals surface area (Å²) in [4.78, 5) is 48.5. The van der Waals surface area contributed by atoms with Crippen LogP contribution in [0.5, 0.6) is 5.75 Å². The minimum atomic E-state index is -0.875. The number of hydrogen-bond acceptors (Lipinski definition) is 7. The Labute approximate surface area is 212 Å². The fraction of sp³-hybridized carbons (Fsp3) is 0.520.